The minimum absolute atomic E-state index is 0.0463. The molecule has 0 aliphatic rings. The number of nitrogens with one attached hydrogen (secondary N) is 1. The van der Waals surface area contributed by atoms with Crippen molar-refractivity contribution in [1.29, 1.82) is 0 Å². The molecule has 5 nitrogen and oxygen atoms in total. The summed E-state index contributed by atoms with van der Waals surface area (Å²) in [6.45, 7) is 1.49. The fraction of sp³-hybridized carbons (Fsp3) is 0.211. The van der Waals surface area contributed by atoms with Gasteiger partial charge in [0.05, 0.1) is 11.1 Å². The average Bonchev–Trinajstić information content (AvgIpc) is 2.60. The van der Waals surface area contributed by atoms with Gasteiger partial charge < -0.3 is 11.1 Å². The second-order valence-electron chi connectivity index (χ2n) is 5.89. The number of hydrogen-bond acceptors (Lipinski definition) is 4. The molecule has 3 N–H and O–H groups in total. The van der Waals surface area contributed by atoms with Gasteiger partial charge in [-0.1, -0.05) is 35.9 Å². The maximum atomic E-state index is 13.4. The molecule has 1 amide bonds. The van der Waals surface area contributed by atoms with E-state index in [4.69, 9.17) is 17.3 Å². The number of nitrogens with two attached hydrogens (primary N) is 1. The number of Topliss-reactive ketones (excluding diaryl/α,β-unsaturated/α-hetero) is 2. The van der Waals surface area contributed by atoms with Gasteiger partial charge in [-0.25, -0.2) is 4.39 Å². The number of nitrogen functional groups attached to an aromatic ring is 1. The van der Waals surface area contributed by atoms with Gasteiger partial charge >= 0.3 is 0 Å². The Morgan fingerprint density at radius 1 is 1.15 bits per heavy atom. The summed E-state index contributed by atoms with van der Waals surface area (Å²) < 4.78 is 13.4. The smallest absolute Gasteiger partial charge is 0.288 e. The van der Waals surface area contributed by atoms with Crippen LogP contribution in [0.15, 0.2) is 42.5 Å². The first-order chi connectivity index (χ1) is 12.3. The normalized spacial score (nSPS) is 11.7. The highest BCUT2D eigenvalue weighted by atomic mass is 35.5. The molecule has 26 heavy (non-hydrogen) atoms. The molecule has 0 aliphatic heterocycles. The van der Waals surface area contributed by atoms with Crippen molar-refractivity contribution < 1.29 is 18.8 Å². The van der Waals surface area contributed by atoms with Crippen LogP contribution in [-0.4, -0.2) is 23.5 Å². The van der Waals surface area contributed by atoms with Crippen molar-refractivity contribution in [2.75, 3.05) is 5.73 Å². The first-order valence-corrected chi connectivity index (χ1v) is 8.29. The lowest BCUT2D eigenvalue weighted by molar-refractivity contribution is -0.138. The number of para-hydroxylation sites is 1. The number of anilines is 1. The molecule has 0 saturated carbocycles. The SMILES string of the molecule is C[C@H](NC(=O)C(=O)Cc1ccc(Cl)c(F)c1)C(=O)Cc1ccccc1N. The van der Waals surface area contributed by atoms with Gasteiger partial charge in [0.1, 0.15) is 5.82 Å². The van der Waals surface area contributed by atoms with Crippen LogP contribution in [0.2, 0.25) is 5.02 Å². The van der Waals surface area contributed by atoms with E-state index in [-0.39, 0.29) is 23.6 Å². The fourth-order valence-electron chi connectivity index (χ4n) is 2.31. The van der Waals surface area contributed by atoms with Gasteiger partial charge in [0, 0.05) is 18.5 Å². The van der Waals surface area contributed by atoms with Gasteiger partial charge in [-0.3, -0.25) is 14.4 Å². The van der Waals surface area contributed by atoms with Gasteiger partial charge in [0.25, 0.3) is 5.91 Å². The van der Waals surface area contributed by atoms with E-state index in [1.165, 1.54) is 19.1 Å². The van der Waals surface area contributed by atoms with E-state index < -0.39 is 23.5 Å². The number of carbonyl (C=O) groups is 3. The molecule has 7 heteroatoms. The molecule has 0 saturated heterocycles. The van der Waals surface area contributed by atoms with E-state index in [0.29, 0.717) is 16.8 Å². The summed E-state index contributed by atoms with van der Waals surface area (Å²) in [5.41, 5.74) is 7.26. The zero-order valence-corrected chi connectivity index (χ0v) is 14.8. The summed E-state index contributed by atoms with van der Waals surface area (Å²) >= 11 is 5.58. The number of halogens is 2. The molecule has 0 fully saturated rings. The lowest BCUT2D eigenvalue weighted by atomic mass is 10.0. The Morgan fingerprint density at radius 3 is 2.50 bits per heavy atom. The van der Waals surface area contributed by atoms with Crippen LogP contribution in [0.25, 0.3) is 0 Å². The van der Waals surface area contributed by atoms with Crippen LogP contribution in [0.3, 0.4) is 0 Å². The lowest BCUT2D eigenvalue weighted by Gasteiger charge is -2.13. The Morgan fingerprint density at radius 2 is 1.85 bits per heavy atom. The van der Waals surface area contributed by atoms with Gasteiger partial charge in [-0.2, -0.15) is 0 Å². The standard InChI is InChI=1S/C19H18ClFN2O3/c1-11(17(24)10-13-4-2-3-5-16(13)22)23-19(26)18(25)9-12-6-7-14(20)15(21)8-12/h2-8,11H,9-10,22H2,1H3,(H,23,26)/t11-/m0/s1. The molecule has 0 bridgehead atoms. The molecule has 0 heterocycles. The second kappa shape index (κ2) is 8.58. The van der Waals surface area contributed by atoms with Gasteiger partial charge in [0.2, 0.25) is 5.78 Å². The summed E-state index contributed by atoms with van der Waals surface area (Å²) in [5.74, 6) is -2.62. The van der Waals surface area contributed by atoms with Crippen molar-refractivity contribution in [1.82, 2.24) is 5.32 Å². The molecular formula is C19H18ClFN2O3. The Hall–Kier alpha value is -2.73. The molecule has 136 valence electrons. The summed E-state index contributed by atoms with van der Waals surface area (Å²) in [6.07, 6.45) is -0.239. The lowest BCUT2D eigenvalue weighted by Crippen LogP contribution is -2.43. The van der Waals surface area contributed by atoms with Gasteiger partial charge in [-0.15, -0.1) is 0 Å². The van der Waals surface area contributed by atoms with Crippen molar-refractivity contribution in [2.45, 2.75) is 25.8 Å². The second-order valence-corrected chi connectivity index (χ2v) is 6.29. The molecule has 1 atom stereocenters. The van der Waals surface area contributed by atoms with Gasteiger partial charge in [-0.05, 0) is 36.2 Å². The number of carbonyl (C=O) groups excluding carboxylic acids is 3. The predicted molar refractivity (Wildman–Crippen MR) is 97.3 cm³/mol. The monoisotopic (exact) mass is 376 g/mol. The maximum absolute atomic E-state index is 13.4. The quantitative estimate of drug-likeness (QED) is 0.574. The van der Waals surface area contributed by atoms with E-state index in [9.17, 15) is 18.8 Å². The van der Waals surface area contributed by atoms with Crippen LogP contribution in [-0.2, 0) is 27.2 Å². The zero-order chi connectivity index (χ0) is 19.3. The average molecular weight is 377 g/mol. The highest BCUT2D eigenvalue weighted by Gasteiger charge is 2.21. The van der Waals surface area contributed by atoms with E-state index in [1.54, 1.807) is 24.3 Å². The van der Waals surface area contributed by atoms with Crippen molar-refractivity contribution in [3.63, 3.8) is 0 Å². The van der Waals surface area contributed by atoms with Crippen LogP contribution >= 0.6 is 11.6 Å². The molecule has 0 aromatic heterocycles. The van der Waals surface area contributed by atoms with E-state index in [0.717, 1.165) is 6.07 Å². The molecule has 0 spiro atoms. The van der Waals surface area contributed by atoms with E-state index >= 15 is 0 Å². The van der Waals surface area contributed by atoms with Crippen molar-refractivity contribution >= 4 is 34.8 Å². The Balaban J connectivity index is 1.92. The van der Waals surface area contributed by atoms with Crippen molar-refractivity contribution in [3.05, 3.63) is 64.4 Å². The summed E-state index contributed by atoms with van der Waals surface area (Å²) in [7, 11) is 0. The Labute approximate surface area is 155 Å². The maximum Gasteiger partial charge on any atom is 0.288 e. The molecule has 0 radical (unpaired) electrons. The highest BCUT2D eigenvalue weighted by molar-refractivity contribution is 6.37. The molecule has 0 unspecified atom stereocenters. The minimum Gasteiger partial charge on any atom is -0.398 e. The third kappa shape index (κ3) is 5.13. The first-order valence-electron chi connectivity index (χ1n) is 7.91. The van der Waals surface area contributed by atoms with E-state index in [1.807, 2.05) is 0 Å². The van der Waals surface area contributed by atoms with Crippen LogP contribution in [0.4, 0.5) is 10.1 Å². The number of hydrogen-bond donors (Lipinski definition) is 2. The first kappa shape index (κ1) is 19.6. The molecule has 2 rings (SSSR count). The summed E-state index contributed by atoms with van der Waals surface area (Å²) in [5, 5.41) is 2.30. The zero-order valence-electron chi connectivity index (χ0n) is 14.1. The summed E-state index contributed by atoms with van der Waals surface area (Å²) in [6, 6.07) is 9.94. The van der Waals surface area contributed by atoms with Crippen LogP contribution in [0.5, 0.6) is 0 Å². The van der Waals surface area contributed by atoms with Crippen LogP contribution in [0.1, 0.15) is 18.1 Å². The number of benzene rings is 2. The molecule has 2 aromatic rings. The third-order valence-electron chi connectivity index (χ3n) is 3.85. The molecule has 2 aromatic carbocycles. The Bertz CT molecular complexity index is 854. The van der Waals surface area contributed by atoms with Crippen molar-refractivity contribution in [2.24, 2.45) is 0 Å². The summed E-state index contributed by atoms with van der Waals surface area (Å²) in [4.78, 5) is 36.2. The largest absolute Gasteiger partial charge is 0.398 e. The number of amides is 1. The molecule has 0 aliphatic carbocycles. The predicted octanol–water partition coefficient (Wildman–Crippen LogP) is 2.49. The van der Waals surface area contributed by atoms with Crippen molar-refractivity contribution in [3.8, 4) is 0 Å². The third-order valence-corrected chi connectivity index (χ3v) is 4.16. The number of ketones is 2. The Kier molecular flexibility index (Phi) is 6.46. The van der Waals surface area contributed by atoms with Gasteiger partial charge in [0.15, 0.2) is 5.78 Å². The molecular weight excluding hydrogens is 359 g/mol. The number of rotatable bonds is 7. The minimum atomic E-state index is -0.901. The van der Waals surface area contributed by atoms with Crippen LogP contribution in [0, 0.1) is 5.82 Å². The highest BCUT2D eigenvalue weighted by Crippen LogP contribution is 2.16. The van der Waals surface area contributed by atoms with E-state index in [2.05, 4.69) is 5.32 Å². The fourth-order valence-corrected chi connectivity index (χ4v) is 2.43. The van der Waals surface area contributed by atoms with Crippen LogP contribution < -0.4 is 11.1 Å². The topological polar surface area (TPSA) is 89.3 Å².